The highest BCUT2D eigenvalue weighted by atomic mass is 35.5. The van der Waals surface area contributed by atoms with Gasteiger partial charge in [0.15, 0.2) is 0 Å². The number of benzene rings is 1. The van der Waals surface area contributed by atoms with Gasteiger partial charge in [-0.1, -0.05) is 23.2 Å². The summed E-state index contributed by atoms with van der Waals surface area (Å²) in [4.78, 5) is 0.113. The smallest absolute Gasteiger partial charge is 0.244 e. The van der Waals surface area contributed by atoms with Gasteiger partial charge in [0.2, 0.25) is 10.0 Å². The summed E-state index contributed by atoms with van der Waals surface area (Å²) in [5.41, 5.74) is 0. The molecule has 0 radical (unpaired) electrons. The van der Waals surface area contributed by atoms with Crippen LogP contribution in [-0.2, 0) is 10.0 Å². The minimum absolute atomic E-state index is 0.0875. The number of sulfonamides is 1. The van der Waals surface area contributed by atoms with E-state index in [1.165, 1.54) is 22.5 Å². The maximum absolute atomic E-state index is 12.5. The van der Waals surface area contributed by atoms with E-state index < -0.39 is 10.0 Å². The monoisotopic (exact) mass is 308 g/mol. The van der Waals surface area contributed by atoms with Gasteiger partial charge in [-0.25, -0.2) is 8.42 Å². The molecule has 1 aliphatic heterocycles. The van der Waals surface area contributed by atoms with Gasteiger partial charge in [-0.2, -0.15) is 4.31 Å². The van der Waals surface area contributed by atoms with Crippen LogP contribution in [0.2, 0.25) is 10.0 Å². The van der Waals surface area contributed by atoms with E-state index in [-0.39, 0.29) is 16.0 Å². The molecule has 1 unspecified atom stereocenters. The first-order valence-corrected chi connectivity index (χ1v) is 7.80. The van der Waals surface area contributed by atoms with Crippen molar-refractivity contribution >= 4 is 33.2 Å². The van der Waals surface area contributed by atoms with Gasteiger partial charge < -0.3 is 5.32 Å². The summed E-state index contributed by atoms with van der Waals surface area (Å²) in [7, 11) is -3.56. The molecule has 0 amide bonds. The summed E-state index contributed by atoms with van der Waals surface area (Å²) in [6, 6.07) is 4.35. The lowest BCUT2D eigenvalue weighted by Crippen LogP contribution is -2.52. The number of nitrogens with one attached hydrogen (secondary N) is 1. The number of hydrogen-bond acceptors (Lipinski definition) is 3. The maximum atomic E-state index is 12.5. The Morgan fingerprint density at radius 3 is 2.72 bits per heavy atom. The van der Waals surface area contributed by atoms with Crippen LogP contribution < -0.4 is 5.32 Å². The summed E-state index contributed by atoms with van der Waals surface area (Å²) >= 11 is 11.8. The van der Waals surface area contributed by atoms with Crippen LogP contribution in [0.1, 0.15) is 6.92 Å². The van der Waals surface area contributed by atoms with Gasteiger partial charge in [-0.15, -0.1) is 0 Å². The largest absolute Gasteiger partial charge is 0.314 e. The van der Waals surface area contributed by atoms with Crippen LogP contribution in [0.5, 0.6) is 0 Å². The second-order valence-corrected chi connectivity index (χ2v) is 6.95. The van der Waals surface area contributed by atoms with E-state index in [1.807, 2.05) is 6.92 Å². The second-order valence-electron chi connectivity index (χ2n) is 4.24. The molecular weight excluding hydrogens is 295 g/mol. The fourth-order valence-corrected chi connectivity index (χ4v) is 4.37. The zero-order valence-electron chi connectivity index (χ0n) is 9.86. The number of halogens is 2. The highest BCUT2D eigenvalue weighted by Gasteiger charge is 2.32. The molecule has 1 saturated heterocycles. The topological polar surface area (TPSA) is 49.4 Å². The zero-order valence-corrected chi connectivity index (χ0v) is 12.2. The average molecular weight is 309 g/mol. The molecule has 1 N–H and O–H groups in total. The summed E-state index contributed by atoms with van der Waals surface area (Å²) in [5.74, 6) is 0. The SMILES string of the molecule is CC1CNCCN1S(=O)(=O)c1ccc(Cl)cc1Cl. The molecule has 0 bridgehead atoms. The predicted molar refractivity (Wildman–Crippen MR) is 72.7 cm³/mol. The zero-order chi connectivity index (χ0) is 13.3. The molecule has 1 atom stereocenters. The first-order valence-electron chi connectivity index (χ1n) is 5.60. The van der Waals surface area contributed by atoms with Crippen molar-refractivity contribution in [2.75, 3.05) is 19.6 Å². The van der Waals surface area contributed by atoms with E-state index in [2.05, 4.69) is 5.32 Å². The quantitative estimate of drug-likeness (QED) is 0.909. The fraction of sp³-hybridized carbons (Fsp3) is 0.455. The Morgan fingerprint density at radius 2 is 2.11 bits per heavy atom. The van der Waals surface area contributed by atoms with E-state index in [9.17, 15) is 8.42 Å². The average Bonchev–Trinajstić information content (AvgIpc) is 2.28. The molecule has 100 valence electrons. The first-order chi connectivity index (χ1) is 8.43. The van der Waals surface area contributed by atoms with Gasteiger partial charge in [-0.3, -0.25) is 0 Å². The minimum Gasteiger partial charge on any atom is -0.314 e. The standard InChI is InChI=1S/C11H14Cl2N2O2S/c1-8-7-14-4-5-15(8)18(16,17)11-3-2-9(12)6-10(11)13/h2-3,6,8,14H,4-5,7H2,1H3. The molecule has 0 spiro atoms. The van der Waals surface area contributed by atoms with Crippen LogP contribution in [0.4, 0.5) is 0 Å². The van der Waals surface area contributed by atoms with E-state index in [4.69, 9.17) is 23.2 Å². The molecule has 1 aromatic carbocycles. The normalized spacial score (nSPS) is 22.1. The van der Waals surface area contributed by atoms with Crippen molar-refractivity contribution in [3.05, 3.63) is 28.2 Å². The van der Waals surface area contributed by atoms with E-state index >= 15 is 0 Å². The van der Waals surface area contributed by atoms with Gasteiger partial charge in [0.25, 0.3) is 0 Å². The fourth-order valence-electron chi connectivity index (χ4n) is 1.99. The van der Waals surface area contributed by atoms with Crippen molar-refractivity contribution < 1.29 is 8.42 Å². The van der Waals surface area contributed by atoms with Crippen LogP contribution in [0.15, 0.2) is 23.1 Å². The minimum atomic E-state index is -3.56. The Balaban J connectivity index is 2.41. The summed E-state index contributed by atoms with van der Waals surface area (Å²) < 4.78 is 26.5. The summed E-state index contributed by atoms with van der Waals surface area (Å²) in [6.07, 6.45) is 0. The molecule has 0 saturated carbocycles. The first kappa shape index (κ1) is 14.1. The van der Waals surface area contributed by atoms with Gasteiger partial charge >= 0.3 is 0 Å². The number of nitrogens with zero attached hydrogens (tertiary/aromatic N) is 1. The third-order valence-corrected chi connectivity index (χ3v) is 5.65. The lowest BCUT2D eigenvalue weighted by Gasteiger charge is -2.33. The number of rotatable bonds is 2. The lowest BCUT2D eigenvalue weighted by molar-refractivity contribution is 0.284. The molecule has 7 heteroatoms. The van der Waals surface area contributed by atoms with Crippen LogP contribution in [0.3, 0.4) is 0 Å². The summed E-state index contributed by atoms with van der Waals surface area (Å²) in [5, 5.41) is 3.74. The molecule has 1 aliphatic rings. The Labute approximate surface area is 117 Å². The molecule has 1 aromatic rings. The number of piperazine rings is 1. The van der Waals surface area contributed by atoms with Crippen molar-refractivity contribution in [3.8, 4) is 0 Å². The Morgan fingerprint density at radius 1 is 1.39 bits per heavy atom. The highest BCUT2D eigenvalue weighted by molar-refractivity contribution is 7.89. The Hall–Kier alpha value is -0.330. The molecule has 0 aliphatic carbocycles. The number of hydrogen-bond donors (Lipinski definition) is 1. The van der Waals surface area contributed by atoms with Gasteiger partial charge in [0, 0.05) is 30.7 Å². The van der Waals surface area contributed by atoms with Gasteiger partial charge in [0.1, 0.15) is 4.90 Å². The molecule has 1 fully saturated rings. The molecule has 18 heavy (non-hydrogen) atoms. The van der Waals surface area contributed by atoms with Crippen molar-refractivity contribution in [2.45, 2.75) is 17.9 Å². The van der Waals surface area contributed by atoms with Crippen LogP contribution in [0, 0.1) is 0 Å². The lowest BCUT2D eigenvalue weighted by atomic mass is 10.3. The third kappa shape index (κ3) is 2.65. The van der Waals surface area contributed by atoms with Crippen molar-refractivity contribution in [2.24, 2.45) is 0 Å². The Kier molecular flexibility index (Phi) is 4.18. The molecule has 4 nitrogen and oxygen atoms in total. The van der Waals surface area contributed by atoms with Crippen LogP contribution in [0.25, 0.3) is 0 Å². The van der Waals surface area contributed by atoms with Crippen molar-refractivity contribution in [1.29, 1.82) is 0 Å². The predicted octanol–water partition coefficient (Wildman–Crippen LogP) is 1.98. The molecular formula is C11H14Cl2N2O2S. The second kappa shape index (κ2) is 5.35. The third-order valence-electron chi connectivity index (χ3n) is 2.92. The van der Waals surface area contributed by atoms with Gasteiger partial charge in [-0.05, 0) is 25.1 Å². The molecule has 1 heterocycles. The van der Waals surface area contributed by atoms with Crippen LogP contribution in [-0.4, -0.2) is 38.4 Å². The van der Waals surface area contributed by atoms with E-state index in [1.54, 1.807) is 0 Å². The highest BCUT2D eigenvalue weighted by Crippen LogP contribution is 2.28. The summed E-state index contributed by atoms with van der Waals surface area (Å²) in [6.45, 7) is 3.61. The van der Waals surface area contributed by atoms with E-state index in [0.717, 1.165) is 0 Å². The van der Waals surface area contributed by atoms with Gasteiger partial charge in [0.05, 0.1) is 5.02 Å². The molecule has 2 rings (SSSR count). The van der Waals surface area contributed by atoms with Crippen molar-refractivity contribution in [1.82, 2.24) is 9.62 Å². The van der Waals surface area contributed by atoms with Crippen LogP contribution >= 0.6 is 23.2 Å². The Bertz CT molecular complexity index is 548. The maximum Gasteiger partial charge on any atom is 0.244 e. The molecule has 0 aromatic heterocycles. The van der Waals surface area contributed by atoms with Crippen molar-refractivity contribution in [3.63, 3.8) is 0 Å². The van der Waals surface area contributed by atoms with E-state index in [0.29, 0.717) is 24.7 Å².